The molecule has 1 aromatic carbocycles. The Hall–Kier alpha value is -1.02. The minimum absolute atomic E-state index is 0.0971. The van der Waals surface area contributed by atoms with E-state index in [1.165, 1.54) is 0 Å². The molecule has 1 rings (SSSR count). The lowest BCUT2D eigenvalue weighted by Crippen LogP contribution is -2.15. The highest BCUT2D eigenvalue weighted by Crippen LogP contribution is 2.23. The molecule has 0 saturated carbocycles. The SMILES string of the molecule is CC(C)CC(C)Oc1ccc(Cl)cc1C=O. The van der Waals surface area contributed by atoms with Crippen molar-refractivity contribution in [3.05, 3.63) is 28.8 Å². The van der Waals surface area contributed by atoms with Gasteiger partial charge in [-0.3, -0.25) is 4.79 Å². The van der Waals surface area contributed by atoms with Crippen LogP contribution in [0.15, 0.2) is 18.2 Å². The van der Waals surface area contributed by atoms with Gasteiger partial charge < -0.3 is 4.74 Å². The summed E-state index contributed by atoms with van der Waals surface area (Å²) in [7, 11) is 0. The van der Waals surface area contributed by atoms with Crippen molar-refractivity contribution in [2.24, 2.45) is 5.92 Å². The summed E-state index contributed by atoms with van der Waals surface area (Å²) in [6.45, 7) is 6.29. The molecule has 0 saturated heterocycles. The average Bonchev–Trinajstić information content (AvgIpc) is 2.19. The normalized spacial score (nSPS) is 12.6. The van der Waals surface area contributed by atoms with Gasteiger partial charge in [0.25, 0.3) is 0 Å². The predicted octanol–water partition coefficient (Wildman–Crippen LogP) is 3.97. The summed E-state index contributed by atoms with van der Waals surface area (Å²) in [5, 5.41) is 0.547. The fourth-order valence-electron chi connectivity index (χ4n) is 1.65. The highest BCUT2D eigenvalue weighted by molar-refractivity contribution is 6.30. The minimum atomic E-state index is 0.0971. The molecule has 0 aliphatic carbocycles. The Labute approximate surface area is 102 Å². The minimum Gasteiger partial charge on any atom is -0.490 e. The van der Waals surface area contributed by atoms with E-state index < -0.39 is 0 Å². The first-order chi connectivity index (χ1) is 7.52. The van der Waals surface area contributed by atoms with Gasteiger partial charge in [-0.2, -0.15) is 0 Å². The largest absolute Gasteiger partial charge is 0.490 e. The zero-order valence-electron chi connectivity index (χ0n) is 9.87. The molecule has 0 spiro atoms. The van der Waals surface area contributed by atoms with Crippen LogP contribution in [0.3, 0.4) is 0 Å². The van der Waals surface area contributed by atoms with E-state index in [9.17, 15) is 4.79 Å². The van der Waals surface area contributed by atoms with Crippen molar-refractivity contribution in [3.63, 3.8) is 0 Å². The molecule has 0 fully saturated rings. The second kappa shape index (κ2) is 5.90. The van der Waals surface area contributed by atoms with E-state index in [4.69, 9.17) is 16.3 Å². The standard InChI is InChI=1S/C13H17ClO2/c1-9(2)6-10(3)16-13-5-4-12(14)7-11(13)8-15/h4-5,7-10H,6H2,1-3H3. The number of carbonyl (C=O) groups is 1. The Balaban J connectivity index is 2.76. The van der Waals surface area contributed by atoms with Crippen molar-refractivity contribution in [2.45, 2.75) is 33.3 Å². The fourth-order valence-corrected chi connectivity index (χ4v) is 1.83. The molecule has 88 valence electrons. The van der Waals surface area contributed by atoms with Gasteiger partial charge in [0.15, 0.2) is 6.29 Å². The summed E-state index contributed by atoms with van der Waals surface area (Å²) >= 11 is 5.80. The molecule has 0 amide bonds. The summed E-state index contributed by atoms with van der Waals surface area (Å²) in [5.74, 6) is 1.18. The van der Waals surface area contributed by atoms with Gasteiger partial charge in [0.05, 0.1) is 11.7 Å². The highest BCUT2D eigenvalue weighted by Gasteiger charge is 2.10. The summed E-state index contributed by atoms with van der Waals surface area (Å²) in [6.07, 6.45) is 1.82. The maximum absolute atomic E-state index is 10.8. The maximum Gasteiger partial charge on any atom is 0.153 e. The molecule has 1 unspecified atom stereocenters. The van der Waals surface area contributed by atoms with E-state index >= 15 is 0 Å². The van der Waals surface area contributed by atoms with E-state index in [1.807, 2.05) is 6.92 Å². The van der Waals surface area contributed by atoms with Crippen LogP contribution in [0, 0.1) is 5.92 Å². The third-order valence-corrected chi connectivity index (χ3v) is 2.47. The first-order valence-electron chi connectivity index (χ1n) is 5.44. The zero-order chi connectivity index (χ0) is 12.1. The van der Waals surface area contributed by atoms with Crippen LogP contribution in [0.25, 0.3) is 0 Å². The van der Waals surface area contributed by atoms with Gasteiger partial charge >= 0.3 is 0 Å². The topological polar surface area (TPSA) is 26.3 Å². The molecule has 0 aliphatic heterocycles. The van der Waals surface area contributed by atoms with E-state index in [0.29, 0.717) is 22.3 Å². The first kappa shape index (κ1) is 13.0. The molecule has 3 heteroatoms. The van der Waals surface area contributed by atoms with Gasteiger partial charge in [-0.15, -0.1) is 0 Å². The van der Waals surface area contributed by atoms with Crippen molar-refractivity contribution in [3.8, 4) is 5.75 Å². The summed E-state index contributed by atoms with van der Waals surface area (Å²) < 4.78 is 5.71. The summed E-state index contributed by atoms with van der Waals surface area (Å²) in [6, 6.07) is 5.08. The monoisotopic (exact) mass is 240 g/mol. The predicted molar refractivity (Wildman–Crippen MR) is 66.4 cm³/mol. The molecule has 0 bridgehead atoms. The molecule has 16 heavy (non-hydrogen) atoms. The van der Waals surface area contributed by atoms with E-state index in [-0.39, 0.29) is 6.10 Å². The van der Waals surface area contributed by atoms with Crippen LogP contribution in [0.2, 0.25) is 5.02 Å². The Morgan fingerprint density at radius 1 is 1.38 bits per heavy atom. The molecule has 0 aliphatic rings. The highest BCUT2D eigenvalue weighted by atomic mass is 35.5. The Bertz CT molecular complexity index is 361. The molecule has 0 aromatic heterocycles. The van der Waals surface area contributed by atoms with Crippen LogP contribution >= 0.6 is 11.6 Å². The van der Waals surface area contributed by atoms with Crippen LogP contribution in [-0.2, 0) is 0 Å². The smallest absolute Gasteiger partial charge is 0.153 e. The maximum atomic E-state index is 10.8. The van der Waals surface area contributed by atoms with Gasteiger partial charge in [-0.1, -0.05) is 25.4 Å². The van der Waals surface area contributed by atoms with Crippen LogP contribution in [-0.4, -0.2) is 12.4 Å². The molecule has 0 N–H and O–H groups in total. The number of carbonyl (C=O) groups excluding carboxylic acids is 1. The summed E-state index contributed by atoms with van der Waals surface area (Å²) in [5.41, 5.74) is 0.503. The Morgan fingerprint density at radius 2 is 2.06 bits per heavy atom. The van der Waals surface area contributed by atoms with Crippen molar-refractivity contribution in [1.82, 2.24) is 0 Å². The molecule has 0 heterocycles. The lowest BCUT2D eigenvalue weighted by molar-refractivity contribution is 0.111. The average molecular weight is 241 g/mol. The van der Waals surface area contributed by atoms with Crippen LogP contribution in [0.1, 0.15) is 37.6 Å². The summed E-state index contributed by atoms with van der Waals surface area (Å²) in [4.78, 5) is 10.8. The molecule has 2 nitrogen and oxygen atoms in total. The zero-order valence-corrected chi connectivity index (χ0v) is 10.6. The van der Waals surface area contributed by atoms with Crippen molar-refractivity contribution in [2.75, 3.05) is 0 Å². The Kier molecular flexibility index (Phi) is 4.81. The van der Waals surface area contributed by atoms with Crippen LogP contribution in [0.4, 0.5) is 0 Å². The fraction of sp³-hybridized carbons (Fsp3) is 0.462. The van der Waals surface area contributed by atoms with Crippen molar-refractivity contribution < 1.29 is 9.53 Å². The van der Waals surface area contributed by atoms with E-state index in [2.05, 4.69) is 13.8 Å². The van der Waals surface area contributed by atoms with E-state index in [0.717, 1.165) is 12.7 Å². The number of aldehydes is 1. The van der Waals surface area contributed by atoms with Crippen molar-refractivity contribution in [1.29, 1.82) is 0 Å². The third kappa shape index (κ3) is 3.86. The van der Waals surface area contributed by atoms with Crippen LogP contribution < -0.4 is 4.74 Å². The van der Waals surface area contributed by atoms with Gasteiger partial charge in [0, 0.05) is 5.02 Å². The molecule has 1 atom stereocenters. The third-order valence-electron chi connectivity index (χ3n) is 2.23. The van der Waals surface area contributed by atoms with Gasteiger partial charge in [-0.05, 0) is 37.5 Å². The number of ether oxygens (including phenoxy) is 1. The number of hydrogen-bond donors (Lipinski definition) is 0. The van der Waals surface area contributed by atoms with E-state index in [1.54, 1.807) is 18.2 Å². The number of rotatable bonds is 5. The van der Waals surface area contributed by atoms with Gasteiger partial charge in [0.2, 0.25) is 0 Å². The van der Waals surface area contributed by atoms with Crippen LogP contribution in [0.5, 0.6) is 5.75 Å². The Morgan fingerprint density at radius 3 is 2.62 bits per heavy atom. The first-order valence-corrected chi connectivity index (χ1v) is 5.82. The molecule has 1 aromatic rings. The molecular weight excluding hydrogens is 224 g/mol. The second-order valence-corrected chi connectivity index (χ2v) is 4.79. The van der Waals surface area contributed by atoms with Gasteiger partial charge in [-0.25, -0.2) is 0 Å². The van der Waals surface area contributed by atoms with Gasteiger partial charge in [0.1, 0.15) is 5.75 Å². The number of hydrogen-bond acceptors (Lipinski definition) is 2. The lowest BCUT2D eigenvalue weighted by Gasteiger charge is -2.17. The number of benzene rings is 1. The second-order valence-electron chi connectivity index (χ2n) is 4.36. The quantitative estimate of drug-likeness (QED) is 0.728. The molecular formula is C13H17ClO2. The lowest BCUT2D eigenvalue weighted by atomic mass is 10.1. The van der Waals surface area contributed by atoms with Crippen molar-refractivity contribution >= 4 is 17.9 Å². The number of halogens is 1. The molecule has 0 radical (unpaired) electrons.